The second kappa shape index (κ2) is 4.31. The smallest absolute Gasteiger partial charge is 0.173 e. The van der Waals surface area contributed by atoms with Crippen molar-refractivity contribution in [3.63, 3.8) is 0 Å². The van der Waals surface area contributed by atoms with Crippen molar-refractivity contribution in [1.82, 2.24) is 0 Å². The maximum Gasteiger partial charge on any atom is 0.173 e. The lowest BCUT2D eigenvalue weighted by Crippen LogP contribution is -2.14. The van der Waals surface area contributed by atoms with Crippen LogP contribution in [0.5, 0.6) is 0 Å². The standard InChI is InChI=1S/C9H9BrF3N/c1-2-6(14)7-5(11)3-4(10)8(12)9(7)13/h3,6H,2,14H2,1H3/t6-/m0/s1. The Bertz CT molecular complexity index is 354. The zero-order valence-electron chi connectivity index (χ0n) is 7.45. The van der Waals surface area contributed by atoms with Gasteiger partial charge in [-0.2, -0.15) is 0 Å². The molecule has 1 atom stereocenters. The zero-order chi connectivity index (χ0) is 10.9. The average molecular weight is 268 g/mol. The molecule has 1 aromatic carbocycles. The number of hydrogen-bond donors (Lipinski definition) is 1. The first-order valence-corrected chi connectivity index (χ1v) is 4.86. The van der Waals surface area contributed by atoms with Crippen molar-refractivity contribution in [2.75, 3.05) is 0 Å². The van der Waals surface area contributed by atoms with Crippen LogP contribution in [0.2, 0.25) is 0 Å². The highest BCUT2D eigenvalue weighted by atomic mass is 79.9. The Hall–Kier alpha value is -0.550. The molecule has 0 unspecified atom stereocenters. The van der Waals surface area contributed by atoms with Gasteiger partial charge in [0.1, 0.15) is 5.82 Å². The molecule has 0 spiro atoms. The van der Waals surface area contributed by atoms with Gasteiger partial charge in [0.25, 0.3) is 0 Å². The summed E-state index contributed by atoms with van der Waals surface area (Å²) in [5.74, 6) is -3.15. The zero-order valence-corrected chi connectivity index (χ0v) is 9.04. The van der Waals surface area contributed by atoms with E-state index in [-0.39, 0.29) is 4.47 Å². The molecular weight excluding hydrogens is 259 g/mol. The van der Waals surface area contributed by atoms with Crippen LogP contribution in [0.15, 0.2) is 10.5 Å². The molecule has 2 N–H and O–H groups in total. The van der Waals surface area contributed by atoms with Gasteiger partial charge in [0, 0.05) is 11.6 Å². The summed E-state index contributed by atoms with van der Waals surface area (Å²) in [7, 11) is 0. The van der Waals surface area contributed by atoms with Gasteiger partial charge in [-0.3, -0.25) is 0 Å². The molecular formula is C9H9BrF3N. The lowest BCUT2D eigenvalue weighted by atomic mass is 10.0. The summed E-state index contributed by atoms with van der Waals surface area (Å²) in [4.78, 5) is 0. The van der Waals surface area contributed by atoms with Crippen LogP contribution in [0.25, 0.3) is 0 Å². The molecule has 0 radical (unpaired) electrons. The minimum Gasteiger partial charge on any atom is -0.324 e. The summed E-state index contributed by atoms with van der Waals surface area (Å²) in [6.07, 6.45) is 0.342. The molecule has 0 heterocycles. The van der Waals surface area contributed by atoms with Crippen LogP contribution in [-0.4, -0.2) is 0 Å². The van der Waals surface area contributed by atoms with Crippen LogP contribution in [0.3, 0.4) is 0 Å². The molecule has 1 aromatic rings. The Balaban J connectivity index is 3.36. The van der Waals surface area contributed by atoms with E-state index < -0.39 is 29.1 Å². The lowest BCUT2D eigenvalue weighted by molar-refractivity contribution is 0.458. The molecule has 14 heavy (non-hydrogen) atoms. The summed E-state index contributed by atoms with van der Waals surface area (Å²) in [6, 6.07) is 0.0566. The van der Waals surface area contributed by atoms with Gasteiger partial charge in [0.15, 0.2) is 11.6 Å². The number of halogens is 4. The highest BCUT2D eigenvalue weighted by Crippen LogP contribution is 2.28. The normalized spacial score (nSPS) is 13.0. The molecule has 0 saturated carbocycles. The first kappa shape index (κ1) is 11.5. The Morgan fingerprint density at radius 1 is 1.36 bits per heavy atom. The number of rotatable bonds is 2. The monoisotopic (exact) mass is 267 g/mol. The molecule has 0 aliphatic carbocycles. The molecule has 0 bridgehead atoms. The van der Waals surface area contributed by atoms with Gasteiger partial charge in [-0.15, -0.1) is 0 Å². The molecule has 1 nitrogen and oxygen atoms in total. The van der Waals surface area contributed by atoms with Crippen molar-refractivity contribution >= 4 is 15.9 Å². The van der Waals surface area contributed by atoms with E-state index in [1.165, 1.54) is 0 Å². The Labute approximate surface area is 88.2 Å². The second-order valence-corrected chi connectivity index (χ2v) is 3.75. The van der Waals surface area contributed by atoms with Gasteiger partial charge in [0.05, 0.1) is 4.47 Å². The topological polar surface area (TPSA) is 26.0 Å². The molecule has 0 saturated heterocycles. The molecule has 0 amide bonds. The molecule has 1 rings (SSSR count). The van der Waals surface area contributed by atoms with Gasteiger partial charge in [-0.25, -0.2) is 13.2 Å². The van der Waals surface area contributed by atoms with Crippen LogP contribution < -0.4 is 5.73 Å². The second-order valence-electron chi connectivity index (χ2n) is 2.90. The minimum absolute atomic E-state index is 0.237. The maximum atomic E-state index is 13.2. The molecule has 0 aliphatic heterocycles. The fourth-order valence-corrected chi connectivity index (χ4v) is 1.50. The van der Waals surface area contributed by atoms with E-state index in [1.807, 2.05) is 0 Å². The summed E-state index contributed by atoms with van der Waals surface area (Å²) < 4.78 is 39.2. The maximum absolute atomic E-state index is 13.2. The highest BCUT2D eigenvalue weighted by molar-refractivity contribution is 9.10. The minimum atomic E-state index is -1.22. The van der Waals surface area contributed by atoms with E-state index in [0.717, 1.165) is 6.07 Å². The van der Waals surface area contributed by atoms with Gasteiger partial charge >= 0.3 is 0 Å². The SMILES string of the molecule is CC[C@H](N)c1c(F)cc(Br)c(F)c1F. The average Bonchev–Trinajstić information content (AvgIpc) is 2.14. The van der Waals surface area contributed by atoms with Crippen molar-refractivity contribution in [2.24, 2.45) is 5.73 Å². The van der Waals surface area contributed by atoms with Crippen LogP contribution in [0.4, 0.5) is 13.2 Å². The molecule has 0 aromatic heterocycles. The Kier molecular flexibility index (Phi) is 3.55. The van der Waals surface area contributed by atoms with Gasteiger partial charge in [0.2, 0.25) is 0 Å². The van der Waals surface area contributed by atoms with E-state index in [4.69, 9.17) is 5.73 Å². The van der Waals surface area contributed by atoms with Gasteiger partial charge in [-0.05, 0) is 28.4 Å². The van der Waals surface area contributed by atoms with Gasteiger partial charge < -0.3 is 5.73 Å². The summed E-state index contributed by atoms with van der Waals surface area (Å²) in [5.41, 5.74) is 5.06. The predicted octanol–water partition coefficient (Wildman–Crippen LogP) is 3.28. The first-order chi connectivity index (χ1) is 6.49. The fraction of sp³-hybridized carbons (Fsp3) is 0.333. The molecule has 0 fully saturated rings. The van der Waals surface area contributed by atoms with Crippen LogP contribution in [-0.2, 0) is 0 Å². The third kappa shape index (κ3) is 1.93. The highest BCUT2D eigenvalue weighted by Gasteiger charge is 2.21. The fourth-order valence-electron chi connectivity index (χ4n) is 1.12. The molecule has 78 valence electrons. The lowest BCUT2D eigenvalue weighted by Gasteiger charge is -2.12. The van der Waals surface area contributed by atoms with Crippen molar-refractivity contribution in [3.8, 4) is 0 Å². The molecule has 0 aliphatic rings. The summed E-state index contributed by atoms with van der Waals surface area (Å²) >= 11 is 2.71. The van der Waals surface area contributed by atoms with Crippen LogP contribution >= 0.6 is 15.9 Å². The van der Waals surface area contributed by atoms with Crippen molar-refractivity contribution < 1.29 is 13.2 Å². The van der Waals surface area contributed by atoms with E-state index in [0.29, 0.717) is 6.42 Å². The third-order valence-corrected chi connectivity index (χ3v) is 2.54. The predicted molar refractivity (Wildman–Crippen MR) is 51.2 cm³/mol. The number of hydrogen-bond acceptors (Lipinski definition) is 1. The van der Waals surface area contributed by atoms with E-state index in [1.54, 1.807) is 6.92 Å². The number of nitrogens with two attached hydrogens (primary N) is 1. The van der Waals surface area contributed by atoms with Crippen molar-refractivity contribution in [2.45, 2.75) is 19.4 Å². The molecule has 5 heteroatoms. The summed E-state index contributed by atoms with van der Waals surface area (Å²) in [5, 5.41) is 0. The van der Waals surface area contributed by atoms with E-state index in [9.17, 15) is 13.2 Å². The van der Waals surface area contributed by atoms with Crippen LogP contribution in [0.1, 0.15) is 24.9 Å². The quantitative estimate of drug-likeness (QED) is 0.646. The van der Waals surface area contributed by atoms with E-state index >= 15 is 0 Å². The van der Waals surface area contributed by atoms with E-state index in [2.05, 4.69) is 15.9 Å². The summed E-state index contributed by atoms with van der Waals surface area (Å²) in [6.45, 7) is 1.67. The third-order valence-electron chi connectivity index (χ3n) is 1.96. The van der Waals surface area contributed by atoms with Crippen molar-refractivity contribution in [3.05, 3.63) is 33.6 Å². The van der Waals surface area contributed by atoms with Crippen LogP contribution in [0, 0.1) is 17.5 Å². The Morgan fingerprint density at radius 3 is 2.43 bits per heavy atom. The number of benzene rings is 1. The largest absolute Gasteiger partial charge is 0.324 e. The van der Waals surface area contributed by atoms with Crippen molar-refractivity contribution in [1.29, 1.82) is 0 Å². The van der Waals surface area contributed by atoms with Gasteiger partial charge in [-0.1, -0.05) is 6.92 Å². The Morgan fingerprint density at radius 2 is 1.93 bits per heavy atom. The first-order valence-electron chi connectivity index (χ1n) is 4.07.